The second-order valence-electron chi connectivity index (χ2n) is 7.28. The molecule has 0 saturated heterocycles. The van der Waals surface area contributed by atoms with E-state index in [0.29, 0.717) is 16.7 Å². The molecule has 156 valence electrons. The van der Waals surface area contributed by atoms with Gasteiger partial charge >= 0.3 is 0 Å². The number of hydrogen-bond acceptors (Lipinski definition) is 2. The Bertz CT molecular complexity index is 1360. The van der Waals surface area contributed by atoms with Crippen LogP contribution in [0.15, 0.2) is 61.2 Å². The van der Waals surface area contributed by atoms with Crippen molar-refractivity contribution < 1.29 is 18.0 Å². The first-order valence-corrected chi connectivity index (χ1v) is 9.46. The summed E-state index contributed by atoms with van der Waals surface area (Å²) in [6, 6.07) is 13.4. The van der Waals surface area contributed by atoms with E-state index in [2.05, 4.69) is 17.0 Å². The number of hydrogen-bond donors (Lipinski definition) is 1. The summed E-state index contributed by atoms with van der Waals surface area (Å²) in [5.41, 5.74) is 0.556. The molecule has 0 radical (unpaired) electrons. The quantitative estimate of drug-likeness (QED) is 0.437. The normalized spacial score (nSPS) is 11.0. The van der Waals surface area contributed by atoms with Crippen LogP contribution in [-0.4, -0.2) is 15.7 Å². The summed E-state index contributed by atoms with van der Waals surface area (Å²) in [6.07, 6.45) is 0. The molecule has 0 spiro atoms. The van der Waals surface area contributed by atoms with E-state index < -0.39 is 23.4 Å². The number of carbonyl (C=O) groups excluding carboxylic acids is 1. The lowest BCUT2D eigenvalue weighted by atomic mass is 10.1. The second kappa shape index (κ2) is 7.75. The largest absolute Gasteiger partial charge is 0.318 e. The average Bonchev–Trinajstić information content (AvgIpc) is 3.11. The van der Waals surface area contributed by atoms with Crippen molar-refractivity contribution in [2.75, 3.05) is 5.32 Å². The van der Waals surface area contributed by atoms with E-state index in [4.69, 9.17) is 0 Å². The Morgan fingerprint density at radius 2 is 1.65 bits per heavy atom. The first-order chi connectivity index (χ1) is 14.7. The van der Waals surface area contributed by atoms with E-state index in [1.54, 1.807) is 32.0 Å². The molecule has 0 fully saturated rings. The van der Waals surface area contributed by atoms with Gasteiger partial charge in [-0.3, -0.25) is 4.79 Å². The maximum Gasteiger partial charge on any atom is 0.274 e. The predicted molar refractivity (Wildman–Crippen MR) is 115 cm³/mol. The van der Waals surface area contributed by atoms with E-state index in [-0.39, 0.29) is 22.6 Å². The van der Waals surface area contributed by atoms with Gasteiger partial charge in [-0.25, -0.2) is 17.9 Å². The number of anilines is 1. The van der Waals surface area contributed by atoms with Crippen LogP contribution in [0, 0.1) is 24.4 Å². The van der Waals surface area contributed by atoms with Gasteiger partial charge < -0.3 is 5.32 Å². The second-order valence-corrected chi connectivity index (χ2v) is 7.28. The summed E-state index contributed by atoms with van der Waals surface area (Å²) in [5, 5.41) is 8.04. The van der Waals surface area contributed by atoms with Gasteiger partial charge in [0.2, 0.25) is 0 Å². The molecule has 0 aliphatic carbocycles. The van der Waals surface area contributed by atoms with E-state index in [9.17, 15) is 18.0 Å². The molecule has 1 heterocycles. The van der Waals surface area contributed by atoms with Crippen LogP contribution < -0.4 is 5.32 Å². The average molecular weight is 421 g/mol. The van der Waals surface area contributed by atoms with Crippen molar-refractivity contribution in [3.63, 3.8) is 0 Å². The Hall–Kier alpha value is -3.87. The van der Waals surface area contributed by atoms with Gasteiger partial charge in [-0.2, -0.15) is 5.10 Å². The Balaban J connectivity index is 1.75. The van der Waals surface area contributed by atoms with Crippen LogP contribution in [0.3, 0.4) is 0 Å². The lowest BCUT2D eigenvalue weighted by Crippen LogP contribution is -2.18. The zero-order chi connectivity index (χ0) is 22.3. The highest BCUT2D eigenvalue weighted by Gasteiger charge is 2.20. The standard InChI is InChI=1S/C24H18F3N3O/c1-13(2)17-11-19(26)21(12-18(17)25)28-24(31)23-8-14(3)29-30(23)22-10-16-7-5-4-6-15(16)9-20(22)27/h4-12H,1H2,2-3H3,(H,28,31). The third-order valence-electron chi connectivity index (χ3n) is 4.87. The monoisotopic (exact) mass is 421 g/mol. The topological polar surface area (TPSA) is 46.9 Å². The maximum absolute atomic E-state index is 14.8. The van der Waals surface area contributed by atoms with Gasteiger partial charge in [0, 0.05) is 11.6 Å². The van der Waals surface area contributed by atoms with E-state index in [0.717, 1.165) is 22.2 Å². The van der Waals surface area contributed by atoms with Crippen molar-refractivity contribution in [3.8, 4) is 5.69 Å². The van der Waals surface area contributed by atoms with Crippen LogP contribution in [0.4, 0.5) is 18.9 Å². The zero-order valence-electron chi connectivity index (χ0n) is 16.8. The fourth-order valence-electron chi connectivity index (χ4n) is 3.36. The van der Waals surface area contributed by atoms with Crippen molar-refractivity contribution in [1.29, 1.82) is 0 Å². The zero-order valence-corrected chi connectivity index (χ0v) is 16.8. The number of allylic oxidation sites excluding steroid dienone is 1. The lowest BCUT2D eigenvalue weighted by molar-refractivity contribution is 0.101. The summed E-state index contributed by atoms with van der Waals surface area (Å²) < 4.78 is 44.6. The highest BCUT2D eigenvalue weighted by atomic mass is 19.1. The number of nitrogens with one attached hydrogen (secondary N) is 1. The summed E-state index contributed by atoms with van der Waals surface area (Å²) in [6.45, 7) is 6.80. The Morgan fingerprint density at radius 1 is 0.968 bits per heavy atom. The molecule has 7 heteroatoms. The number of aryl methyl sites for hydroxylation is 1. The van der Waals surface area contributed by atoms with Crippen LogP contribution in [-0.2, 0) is 0 Å². The molecule has 0 atom stereocenters. The number of nitrogens with zero attached hydrogens (tertiary/aromatic N) is 2. The first kappa shape index (κ1) is 20.4. The van der Waals surface area contributed by atoms with Gasteiger partial charge in [-0.15, -0.1) is 0 Å². The third kappa shape index (κ3) is 3.82. The lowest BCUT2D eigenvalue weighted by Gasteiger charge is -2.12. The number of carbonyl (C=O) groups is 1. The Kier molecular flexibility index (Phi) is 5.10. The molecule has 0 saturated carbocycles. The Morgan fingerprint density at radius 3 is 2.32 bits per heavy atom. The molecule has 1 aromatic heterocycles. The molecule has 1 N–H and O–H groups in total. The van der Waals surface area contributed by atoms with Gasteiger partial charge in [0.1, 0.15) is 28.8 Å². The number of benzene rings is 3. The molecular weight excluding hydrogens is 403 g/mol. The third-order valence-corrected chi connectivity index (χ3v) is 4.87. The van der Waals surface area contributed by atoms with Crippen molar-refractivity contribution >= 4 is 27.9 Å². The number of rotatable bonds is 4. The molecule has 4 rings (SSSR count). The number of amides is 1. The van der Waals surface area contributed by atoms with Gasteiger partial charge in [-0.1, -0.05) is 30.8 Å². The van der Waals surface area contributed by atoms with Gasteiger partial charge in [-0.05, 0) is 54.5 Å². The molecule has 4 aromatic rings. The van der Waals surface area contributed by atoms with Crippen molar-refractivity contribution in [1.82, 2.24) is 9.78 Å². The first-order valence-electron chi connectivity index (χ1n) is 9.46. The van der Waals surface area contributed by atoms with Gasteiger partial charge in [0.05, 0.1) is 11.4 Å². The highest BCUT2D eigenvalue weighted by molar-refractivity contribution is 6.03. The highest BCUT2D eigenvalue weighted by Crippen LogP contribution is 2.26. The van der Waals surface area contributed by atoms with E-state index >= 15 is 0 Å². The fraction of sp³-hybridized carbons (Fsp3) is 0.0833. The minimum Gasteiger partial charge on any atom is -0.318 e. The van der Waals surface area contributed by atoms with Gasteiger partial charge in [0.15, 0.2) is 0 Å². The minimum atomic E-state index is -0.813. The minimum absolute atomic E-state index is 0.0181. The van der Waals surface area contributed by atoms with Crippen LogP contribution in [0.5, 0.6) is 0 Å². The van der Waals surface area contributed by atoms with Crippen LogP contribution in [0.2, 0.25) is 0 Å². The summed E-state index contributed by atoms with van der Waals surface area (Å²) >= 11 is 0. The smallest absolute Gasteiger partial charge is 0.274 e. The van der Waals surface area contributed by atoms with Gasteiger partial charge in [0.25, 0.3) is 5.91 Å². The molecule has 3 aromatic carbocycles. The molecule has 31 heavy (non-hydrogen) atoms. The summed E-state index contributed by atoms with van der Waals surface area (Å²) in [7, 11) is 0. The Labute approximate surface area is 176 Å². The van der Waals surface area contributed by atoms with Crippen LogP contribution >= 0.6 is 0 Å². The predicted octanol–water partition coefficient (Wildman–Crippen LogP) is 6.04. The number of fused-ring (bicyclic) bond motifs is 1. The summed E-state index contributed by atoms with van der Waals surface area (Å²) in [5.74, 6) is -2.85. The van der Waals surface area contributed by atoms with Crippen molar-refractivity contribution in [2.24, 2.45) is 0 Å². The van der Waals surface area contributed by atoms with E-state index in [1.807, 2.05) is 12.1 Å². The maximum atomic E-state index is 14.8. The van der Waals surface area contributed by atoms with E-state index in [1.165, 1.54) is 12.1 Å². The molecule has 0 aliphatic rings. The SMILES string of the molecule is C=C(C)c1cc(F)c(NC(=O)c2cc(C)nn2-c2cc3ccccc3cc2F)cc1F. The van der Waals surface area contributed by atoms with Crippen LogP contribution in [0.25, 0.3) is 22.0 Å². The fourth-order valence-corrected chi connectivity index (χ4v) is 3.36. The molecular formula is C24H18F3N3O. The molecule has 0 aliphatic heterocycles. The van der Waals surface area contributed by atoms with Crippen LogP contribution in [0.1, 0.15) is 28.7 Å². The number of aromatic nitrogens is 2. The van der Waals surface area contributed by atoms with Crippen molar-refractivity contribution in [3.05, 3.63) is 95.6 Å². The molecule has 4 nitrogen and oxygen atoms in total. The molecule has 0 unspecified atom stereocenters. The molecule has 0 bridgehead atoms. The number of halogens is 3. The van der Waals surface area contributed by atoms with Crippen molar-refractivity contribution in [2.45, 2.75) is 13.8 Å². The summed E-state index contributed by atoms with van der Waals surface area (Å²) in [4.78, 5) is 12.9. The molecule has 1 amide bonds.